The van der Waals surface area contributed by atoms with Gasteiger partial charge in [0.05, 0.1) is 16.9 Å². The van der Waals surface area contributed by atoms with Crippen LogP contribution in [0.25, 0.3) is 0 Å². The number of nitrogen functional groups attached to an aromatic ring is 1. The fourth-order valence-corrected chi connectivity index (χ4v) is 1.76. The van der Waals surface area contributed by atoms with Crippen LogP contribution in [0.3, 0.4) is 0 Å². The molecule has 2 aromatic carbocycles. The molecule has 0 aliphatic rings. The average Bonchev–Trinajstić information content (AvgIpc) is 2.38. The molecule has 5 heteroatoms. The number of halogens is 1. The molecule has 0 bridgehead atoms. The van der Waals surface area contributed by atoms with Gasteiger partial charge in [0.25, 0.3) is 5.91 Å². The van der Waals surface area contributed by atoms with Gasteiger partial charge in [0.15, 0.2) is 0 Å². The monoisotopic (exact) mass is 260 g/mol. The summed E-state index contributed by atoms with van der Waals surface area (Å²) in [5, 5.41) is 9.13. The number of nitrogens with zero attached hydrogens (tertiary/aromatic N) is 1. The Morgan fingerprint density at radius 1 is 1.26 bits per heavy atom. The number of aromatic hydroxyl groups is 1. The molecule has 1 amide bonds. The summed E-state index contributed by atoms with van der Waals surface area (Å²) < 4.78 is 13.6. The molecular formula is C14H13FN2O2. The van der Waals surface area contributed by atoms with Gasteiger partial charge in [-0.25, -0.2) is 4.39 Å². The average molecular weight is 260 g/mol. The lowest BCUT2D eigenvalue weighted by Gasteiger charge is -2.19. The maximum absolute atomic E-state index is 13.6. The Morgan fingerprint density at radius 2 is 1.95 bits per heavy atom. The van der Waals surface area contributed by atoms with Crippen molar-refractivity contribution in [1.29, 1.82) is 0 Å². The van der Waals surface area contributed by atoms with Crippen molar-refractivity contribution < 1.29 is 14.3 Å². The fraction of sp³-hybridized carbons (Fsp3) is 0.0714. The van der Waals surface area contributed by atoms with Gasteiger partial charge in [0.2, 0.25) is 0 Å². The van der Waals surface area contributed by atoms with Gasteiger partial charge in [-0.2, -0.15) is 0 Å². The normalized spacial score (nSPS) is 10.2. The molecule has 0 saturated heterocycles. The number of carbonyl (C=O) groups excluding carboxylic acids is 1. The molecule has 0 saturated carbocycles. The first-order chi connectivity index (χ1) is 9.00. The largest absolute Gasteiger partial charge is 0.508 e. The summed E-state index contributed by atoms with van der Waals surface area (Å²) in [6.45, 7) is 0. The van der Waals surface area contributed by atoms with Crippen molar-refractivity contribution in [2.45, 2.75) is 0 Å². The molecule has 3 N–H and O–H groups in total. The Labute approximate surface area is 109 Å². The van der Waals surface area contributed by atoms with Crippen LogP contribution >= 0.6 is 0 Å². The summed E-state index contributed by atoms with van der Waals surface area (Å²) in [5.41, 5.74) is 6.58. The third-order valence-corrected chi connectivity index (χ3v) is 2.79. The zero-order chi connectivity index (χ0) is 14.0. The Morgan fingerprint density at radius 3 is 2.58 bits per heavy atom. The fourth-order valence-electron chi connectivity index (χ4n) is 1.76. The summed E-state index contributed by atoms with van der Waals surface area (Å²) in [7, 11) is 1.51. The lowest BCUT2D eigenvalue weighted by atomic mass is 10.1. The molecule has 4 nitrogen and oxygen atoms in total. The van der Waals surface area contributed by atoms with Crippen molar-refractivity contribution in [3.05, 3.63) is 53.8 Å². The minimum atomic E-state index is -0.772. The number of phenolic OH excluding ortho intramolecular Hbond substituents is 1. The van der Waals surface area contributed by atoms with Crippen LogP contribution in [0.4, 0.5) is 15.8 Å². The topological polar surface area (TPSA) is 66.6 Å². The zero-order valence-corrected chi connectivity index (χ0v) is 10.3. The molecule has 19 heavy (non-hydrogen) atoms. The molecule has 2 aromatic rings. The van der Waals surface area contributed by atoms with Crippen LogP contribution in [0.15, 0.2) is 42.5 Å². The van der Waals surface area contributed by atoms with Gasteiger partial charge in [-0.05, 0) is 24.3 Å². The van der Waals surface area contributed by atoms with E-state index in [1.807, 2.05) is 0 Å². The van der Waals surface area contributed by atoms with Gasteiger partial charge >= 0.3 is 0 Å². The van der Waals surface area contributed by atoms with Crippen LogP contribution in [0.5, 0.6) is 5.75 Å². The number of benzene rings is 2. The minimum absolute atomic E-state index is 0.122. The maximum atomic E-state index is 13.6. The van der Waals surface area contributed by atoms with Crippen LogP contribution in [-0.4, -0.2) is 18.1 Å². The number of hydrogen-bond donors (Lipinski definition) is 2. The highest BCUT2D eigenvalue weighted by molar-refractivity contribution is 6.07. The van der Waals surface area contributed by atoms with Crippen LogP contribution < -0.4 is 10.6 Å². The molecule has 2 rings (SSSR count). The Kier molecular flexibility index (Phi) is 3.37. The van der Waals surface area contributed by atoms with E-state index in [9.17, 15) is 9.18 Å². The zero-order valence-electron chi connectivity index (χ0n) is 10.3. The van der Waals surface area contributed by atoms with Crippen molar-refractivity contribution in [3.8, 4) is 5.75 Å². The van der Waals surface area contributed by atoms with E-state index < -0.39 is 11.7 Å². The predicted octanol–water partition coefficient (Wildman–Crippen LogP) is 2.39. The summed E-state index contributed by atoms with van der Waals surface area (Å²) in [6.07, 6.45) is 0. The highest BCUT2D eigenvalue weighted by Gasteiger charge is 2.19. The molecule has 0 aromatic heterocycles. The number of nitrogens with two attached hydrogens (primary N) is 1. The molecule has 0 fully saturated rings. The van der Waals surface area contributed by atoms with Gasteiger partial charge in [-0.15, -0.1) is 0 Å². The van der Waals surface area contributed by atoms with Crippen molar-refractivity contribution in [1.82, 2.24) is 0 Å². The smallest absolute Gasteiger partial charge is 0.261 e. The number of carbonyl (C=O) groups is 1. The SMILES string of the molecule is CN(C(=O)c1ccc(O)cc1F)c1ccccc1N. The summed E-state index contributed by atoms with van der Waals surface area (Å²) >= 11 is 0. The Balaban J connectivity index is 2.37. The number of anilines is 2. The van der Waals surface area contributed by atoms with E-state index >= 15 is 0 Å². The molecule has 0 unspecified atom stereocenters. The van der Waals surface area contributed by atoms with Gasteiger partial charge in [-0.3, -0.25) is 4.79 Å². The molecule has 98 valence electrons. The lowest BCUT2D eigenvalue weighted by Crippen LogP contribution is -2.27. The van der Waals surface area contributed by atoms with Gasteiger partial charge < -0.3 is 15.7 Å². The van der Waals surface area contributed by atoms with Gasteiger partial charge in [0, 0.05) is 13.1 Å². The van der Waals surface area contributed by atoms with E-state index in [1.165, 1.54) is 24.1 Å². The van der Waals surface area contributed by atoms with E-state index in [4.69, 9.17) is 10.8 Å². The molecule has 0 atom stereocenters. The minimum Gasteiger partial charge on any atom is -0.508 e. The third kappa shape index (κ3) is 2.49. The molecule has 0 spiro atoms. The summed E-state index contributed by atoms with van der Waals surface area (Å²) in [4.78, 5) is 13.4. The van der Waals surface area contributed by atoms with Crippen LogP contribution in [0.2, 0.25) is 0 Å². The second kappa shape index (κ2) is 4.97. The summed E-state index contributed by atoms with van der Waals surface area (Å²) in [6, 6.07) is 10.2. The first-order valence-electron chi connectivity index (χ1n) is 5.62. The van der Waals surface area contributed by atoms with Crippen molar-refractivity contribution >= 4 is 17.3 Å². The second-order valence-corrected chi connectivity index (χ2v) is 4.09. The Hall–Kier alpha value is -2.56. The molecule has 0 aliphatic heterocycles. The highest BCUT2D eigenvalue weighted by atomic mass is 19.1. The van der Waals surface area contributed by atoms with Gasteiger partial charge in [-0.1, -0.05) is 12.1 Å². The number of hydrogen-bond acceptors (Lipinski definition) is 3. The first-order valence-corrected chi connectivity index (χ1v) is 5.62. The highest BCUT2D eigenvalue weighted by Crippen LogP contribution is 2.24. The van der Waals surface area contributed by atoms with Crippen molar-refractivity contribution in [3.63, 3.8) is 0 Å². The van der Waals surface area contributed by atoms with Crippen molar-refractivity contribution in [2.75, 3.05) is 17.7 Å². The van der Waals surface area contributed by atoms with E-state index in [0.717, 1.165) is 6.07 Å². The van der Waals surface area contributed by atoms with Gasteiger partial charge in [0.1, 0.15) is 11.6 Å². The van der Waals surface area contributed by atoms with E-state index in [1.54, 1.807) is 24.3 Å². The maximum Gasteiger partial charge on any atom is 0.261 e. The standard InChI is InChI=1S/C14H13FN2O2/c1-17(13-5-3-2-4-12(13)16)14(19)10-7-6-9(18)8-11(10)15/h2-8,18H,16H2,1H3. The number of para-hydroxylation sites is 2. The predicted molar refractivity (Wildman–Crippen MR) is 71.7 cm³/mol. The second-order valence-electron chi connectivity index (χ2n) is 4.09. The first kappa shape index (κ1) is 12.9. The third-order valence-electron chi connectivity index (χ3n) is 2.79. The number of rotatable bonds is 2. The molecule has 0 heterocycles. The molecule has 0 radical (unpaired) electrons. The lowest BCUT2D eigenvalue weighted by molar-refractivity contribution is 0.0989. The molecule has 0 aliphatic carbocycles. The quantitative estimate of drug-likeness (QED) is 0.815. The van der Waals surface area contributed by atoms with E-state index in [2.05, 4.69) is 0 Å². The van der Waals surface area contributed by atoms with Crippen LogP contribution in [0.1, 0.15) is 10.4 Å². The number of amides is 1. The number of phenols is 1. The molecular weight excluding hydrogens is 247 g/mol. The van der Waals surface area contributed by atoms with E-state index in [0.29, 0.717) is 11.4 Å². The van der Waals surface area contributed by atoms with Crippen molar-refractivity contribution in [2.24, 2.45) is 0 Å². The van der Waals surface area contributed by atoms with Crippen LogP contribution in [0, 0.1) is 5.82 Å². The van der Waals surface area contributed by atoms with Crippen LogP contribution in [-0.2, 0) is 0 Å². The summed E-state index contributed by atoms with van der Waals surface area (Å²) in [5.74, 6) is -1.53. The Bertz CT molecular complexity index is 629. The van der Waals surface area contributed by atoms with E-state index in [-0.39, 0.29) is 11.3 Å².